The first-order chi connectivity index (χ1) is 9.10. The second-order valence-electron chi connectivity index (χ2n) is 4.11. The van der Waals surface area contributed by atoms with E-state index in [1.54, 1.807) is 0 Å². The maximum atomic E-state index is 6.00. The zero-order chi connectivity index (χ0) is 13.8. The summed E-state index contributed by atoms with van der Waals surface area (Å²) in [7, 11) is 0. The normalized spacial score (nSPS) is 12.2. The Bertz CT molecular complexity index is 558. The zero-order valence-electron chi connectivity index (χ0n) is 10.0. The van der Waals surface area contributed by atoms with Gasteiger partial charge in [-0.15, -0.1) is 0 Å². The lowest BCUT2D eigenvalue weighted by Crippen LogP contribution is -2.20. The summed E-state index contributed by atoms with van der Waals surface area (Å²) >= 11 is 12.9. The molecular formula is C14H13Br2ClN2. The summed E-state index contributed by atoms with van der Waals surface area (Å²) in [5, 5.41) is 4.11. The van der Waals surface area contributed by atoms with Crippen LogP contribution in [0.3, 0.4) is 0 Å². The van der Waals surface area contributed by atoms with Crippen molar-refractivity contribution in [1.82, 2.24) is 0 Å². The molecule has 0 aliphatic carbocycles. The van der Waals surface area contributed by atoms with Gasteiger partial charge in [-0.2, -0.15) is 0 Å². The molecule has 0 saturated carbocycles. The Labute approximate surface area is 134 Å². The summed E-state index contributed by atoms with van der Waals surface area (Å²) < 4.78 is 1.93. The van der Waals surface area contributed by atoms with Crippen molar-refractivity contribution in [2.24, 2.45) is 5.73 Å². The van der Waals surface area contributed by atoms with Crippen molar-refractivity contribution in [3.05, 3.63) is 62.0 Å². The standard InChI is InChI=1S/C14H13Br2ClN2/c15-10-2-4-11(5-3-10)19-14(8-18)9-1-6-13(17)12(16)7-9/h1-7,14,19H,8,18H2. The van der Waals surface area contributed by atoms with Crippen molar-refractivity contribution in [2.45, 2.75) is 6.04 Å². The minimum atomic E-state index is 0.0507. The summed E-state index contributed by atoms with van der Waals surface area (Å²) in [6.45, 7) is 0.504. The molecule has 0 radical (unpaired) electrons. The molecule has 0 bridgehead atoms. The number of benzene rings is 2. The Kier molecular flexibility index (Phi) is 5.28. The predicted molar refractivity (Wildman–Crippen MR) is 88.7 cm³/mol. The van der Waals surface area contributed by atoms with Crippen molar-refractivity contribution >= 4 is 49.1 Å². The largest absolute Gasteiger partial charge is 0.377 e. The fraction of sp³-hybridized carbons (Fsp3) is 0.143. The van der Waals surface area contributed by atoms with Crippen LogP contribution in [0, 0.1) is 0 Å². The van der Waals surface area contributed by atoms with Gasteiger partial charge in [-0.05, 0) is 57.9 Å². The van der Waals surface area contributed by atoms with Gasteiger partial charge in [0.05, 0.1) is 11.1 Å². The first-order valence-electron chi connectivity index (χ1n) is 5.77. The first kappa shape index (κ1) is 14.9. The molecule has 3 N–H and O–H groups in total. The van der Waals surface area contributed by atoms with Crippen LogP contribution in [-0.2, 0) is 0 Å². The highest BCUT2D eigenvalue weighted by atomic mass is 79.9. The molecule has 1 atom stereocenters. The van der Waals surface area contributed by atoms with Crippen molar-refractivity contribution in [3.8, 4) is 0 Å². The third kappa shape index (κ3) is 3.96. The van der Waals surface area contributed by atoms with Crippen LogP contribution in [0.2, 0.25) is 5.02 Å². The fourth-order valence-corrected chi connectivity index (χ4v) is 2.53. The maximum absolute atomic E-state index is 6.00. The molecule has 0 fully saturated rings. The molecular weight excluding hydrogens is 391 g/mol. The molecule has 5 heteroatoms. The number of nitrogens with two attached hydrogens (primary N) is 1. The Hall–Kier alpha value is -0.550. The molecule has 2 nitrogen and oxygen atoms in total. The summed E-state index contributed by atoms with van der Waals surface area (Å²) in [5.74, 6) is 0. The number of nitrogens with one attached hydrogen (secondary N) is 1. The van der Waals surface area contributed by atoms with Crippen molar-refractivity contribution in [3.63, 3.8) is 0 Å². The number of rotatable bonds is 4. The second-order valence-corrected chi connectivity index (χ2v) is 6.29. The van der Waals surface area contributed by atoms with Gasteiger partial charge < -0.3 is 11.1 Å². The highest BCUT2D eigenvalue weighted by Crippen LogP contribution is 2.27. The van der Waals surface area contributed by atoms with E-state index < -0.39 is 0 Å². The van der Waals surface area contributed by atoms with Gasteiger partial charge in [0.25, 0.3) is 0 Å². The average Bonchev–Trinajstić information content (AvgIpc) is 2.41. The summed E-state index contributed by atoms with van der Waals surface area (Å²) in [6, 6.07) is 13.9. The Morgan fingerprint density at radius 3 is 2.37 bits per heavy atom. The van der Waals surface area contributed by atoms with E-state index in [0.717, 1.165) is 20.2 Å². The fourth-order valence-electron chi connectivity index (χ4n) is 1.75. The number of anilines is 1. The predicted octanol–water partition coefficient (Wildman–Crippen LogP) is 4.98. The van der Waals surface area contributed by atoms with E-state index in [1.165, 1.54) is 0 Å². The number of hydrogen-bond acceptors (Lipinski definition) is 2. The van der Waals surface area contributed by atoms with E-state index in [-0.39, 0.29) is 6.04 Å². The van der Waals surface area contributed by atoms with Crippen LogP contribution in [0.25, 0.3) is 0 Å². The Balaban J connectivity index is 2.19. The van der Waals surface area contributed by atoms with E-state index in [4.69, 9.17) is 17.3 Å². The minimum Gasteiger partial charge on any atom is -0.377 e. The molecule has 1 unspecified atom stereocenters. The molecule has 0 heterocycles. The first-order valence-corrected chi connectivity index (χ1v) is 7.73. The van der Waals surface area contributed by atoms with Crippen molar-refractivity contribution < 1.29 is 0 Å². The van der Waals surface area contributed by atoms with E-state index in [9.17, 15) is 0 Å². The molecule has 0 saturated heterocycles. The van der Waals surface area contributed by atoms with Crippen LogP contribution < -0.4 is 11.1 Å². The van der Waals surface area contributed by atoms with E-state index in [0.29, 0.717) is 11.6 Å². The van der Waals surface area contributed by atoms with E-state index >= 15 is 0 Å². The molecule has 0 aliphatic rings. The van der Waals surface area contributed by atoms with Crippen LogP contribution in [0.15, 0.2) is 51.4 Å². The monoisotopic (exact) mass is 402 g/mol. The van der Waals surface area contributed by atoms with Crippen LogP contribution >= 0.6 is 43.5 Å². The molecule has 2 aromatic rings. The minimum absolute atomic E-state index is 0.0507. The summed E-state index contributed by atoms with van der Waals surface area (Å²) in [4.78, 5) is 0. The Morgan fingerprint density at radius 2 is 1.79 bits per heavy atom. The third-order valence-corrected chi connectivity index (χ3v) is 4.51. The molecule has 0 amide bonds. The van der Waals surface area contributed by atoms with Gasteiger partial charge in [-0.1, -0.05) is 33.6 Å². The van der Waals surface area contributed by atoms with E-state index in [1.807, 2.05) is 42.5 Å². The SMILES string of the molecule is NCC(Nc1ccc(Br)cc1)c1ccc(Cl)c(Br)c1. The summed E-state index contributed by atoms with van der Waals surface area (Å²) in [6.07, 6.45) is 0. The molecule has 0 aliphatic heterocycles. The van der Waals surface area contributed by atoms with Crippen LogP contribution in [0.5, 0.6) is 0 Å². The van der Waals surface area contributed by atoms with Crippen LogP contribution in [-0.4, -0.2) is 6.54 Å². The zero-order valence-corrected chi connectivity index (χ0v) is 14.0. The molecule has 2 rings (SSSR count). The number of halogens is 3. The second kappa shape index (κ2) is 6.75. The quantitative estimate of drug-likeness (QED) is 0.754. The van der Waals surface area contributed by atoms with Crippen LogP contribution in [0.4, 0.5) is 5.69 Å². The van der Waals surface area contributed by atoms with Gasteiger partial charge in [-0.3, -0.25) is 0 Å². The molecule has 2 aromatic carbocycles. The molecule has 0 aromatic heterocycles. The van der Waals surface area contributed by atoms with Crippen molar-refractivity contribution in [1.29, 1.82) is 0 Å². The smallest absolute Gasteiger partial charge is 0.0636 e. The van der Waals surface area contributed by atoms with E-state index in [2.05, 4.69) is 37.2 Å². The third-order valence-electron chi connectivity index (χ3n) is 2.77. The summed E-state index contributed by atoms with van der Waals surface area (Å²) in [5.41, 5.74) is 7.98. The van der Waals surface area contributed by atoms with Crippen LogP contribution in [0.1, 0.15) is 11.6 Å². The molecule has 19 heavy (non-hydrogen) atoms. The van der Waals surface area contributed by atoms with Gasteiger partial charge in [0, 0.05) is 21.2 Å². The Morgan fingerprint density at radius 1 is 1.11 bits per heavy atom. The lowest BCUT2D eigenvalue weighted by Gasteiger charge is -2.19. The van der Waals surface area contributed by atoms with Gasteiger partial charge in [0.2, 0.25) is 0 Å². The van der Waals surface area contributed by atoms with Gasteiger partial charge >= 0.3 is 0 Å². The maximum Gasteiger partial charge on any atom is 0.0636 e. The van der Waals surface area contributed by atoms with Crippen molar-refractivity contribution in [2.75, 3.05) is 11.9 Å². The number of hydrogen-bond donors (Lipinski definition) is 2. The highest BCUT2D eigenvalue weighted by molar-refractivity contribution is 9.10. The lowest BCUT2D eigenvalue weighted by molar-refractivity contribution is 0.789. The highest BCUT2D eigenvalue weighted by Gasteiger charge is 2.11. The van der Waals surface area contributed by atoms with Gasteiger partial charge in [-0.25, -0.2) is 0 Å². The average molecular weight is 405 g/mol. The molecule has 0 spiro atoms. The van der Waals surface area contributed by atoms with Gasteiger partial charge in [0.15, 0.2) is 0 Å². The molecule has 100 valence electrons. The van der Waals surface area contributed by atoms with Gasteiger partial charge in [0.1, 0.15) is 0 Å². The topological polar surface area (TPSA) is 38.0 Å². The lowest BCUT2D eigenvalue weighted by atomic mass is 10.1.